The molecule has 18 heavy (non-hydrogen) atoms. The molecule has 2 nitrogen and oxygen atoms in total. The molecular weight excluding hydrogens is 242 g/mol. The van der Waals surface area contributed by atoms with Gasteiger partial charge in [-0.05, 0) is 43.7 Å². The Morgan fingerprint density at radius 2 is 1.89 bits per heavy atom. The molecule has 2 rings (SSSR count). The van der Waals surface area contributed by atoms with E-state index in [1.165, 1.54) is 5.56 Å². The maximum atomic E-state index is 12.6. The van der Waals surface area contributed by atoms with Crippen molar-refractivity contribution in [2.45, 2.75) is 56.2 Å². The SMILES string of the molecule is Cc1ccc(S(=O)C2CC(C)(C)CCC2N)cc1. The molecule has 1 aromatic carbocycles. The summed E-state index contributed by atoms with van der Waals surface area (Å²) in [5.41, 5.74) is 7.64. The third kappa shape index (κ3) is 3.01. The van der Waals surface area contributed by atoms with Crippen LogP contribution in [0.3, 0.4) is 0 Å². The molecule has 1 aromatic rings. The van der Waals surface area contributed by atoms with E-state index < -0.39 is 10.8 Å². The van der Waals surface area contributed by atoms with E-state index in [0.29, 0.717) is 0 Å². The predicted octanol–water partition coefficient (Wildman–Crippen LogP) is 3.01. The molecule has 0 bridgehead atoms. The minimum atomic E-state index is -0.980. The molecule has 3 heteroatoms. The third-order valence-corrected chi connectivity index (χ3v) is 5.72. The molecule has 0 aliphatic heterocycles. The quantitative estimate of drug-likeness (QED) is 0.893. The van der Waals surface area contributed by atoms with Gasteiger partial charge in [-0.2, -0.15) is 0 Å². The molecule has 0 aromatic heterocycles. The highest BCUT2D eigenvalue weighted by atomic mass is 32.2. The Bertz CT molecular complexity index is 438. The molecule has 3 atom stereocenters. The van der Waals surface area contributed by atoms with E-state index in [-0.39, 0.29) is 16.7 Å². The summed E-state index contributed by atoms with van der Waals surface area (Å²) in [7, 11) is -0.980. The molecule has 0 radical (unpaired) electrons. The lowest BCUT2D eigenvalue weighted by Gasteiger charge is -2.38. The molecule has 1 saturated carbocycles. The lowest BCUT2D eigenvalue weighted by molar-refractivity contribution is 0.230. The van der Waals surface area contributed by atoms with E-state index in [1.807, 2.05) is 31.2 Å². The number of benzene rings is 1. The van der Waals surface area contributed by atoms with E-state index in [2.05, 4.69) is 13.8 Å². The van der Waals surface area contributed by atoms with E-state index in [4.69, 9.17) is 5.73 Å². The first-order valence-corrected chi connectivity index (χ1v) is 7.83. The lowest BCUT2D eigenvalue weighted by Crippen LogP contribution is -2.45. The maximum Gasteiger partial charge on any atom is 0.0576 e. The monoisotopic (exact) mass is 265 g/mol. The van der Waals surface area contributed by atoms with Crippen molar-refractivity contribution in [3.05, 3.63) is 29.8 Å². The number of hydrogen-bond acceptors (Lipinski definition) is 2. The Labute approximate surface area is 112 Å². The summed E-state index contributed by atoms with van der Waals surface area (Å²) >= 11 is 0. The molecule has 0 amide bonds. The maximum absolute atomic E-state index is 12.6. The highest BCUT2D eigenvalue weighted by Gasteiger charge is 2.36. The van der Waals surface area contributed by atoms with Crippen LogP contribution < -0.4 is 5.73 Å². The van der Waals surface area contributed by atoms with Gasteiger partial charge in [0.05, 0.1) is 16.0 Å². The molecule has 0 spiro atoms. The van der Waals surface area contributed by atoms with Crippen LogP contribution in [0.5, 0.6) is 0 Å². The average molecular weight is 265 g/mol. The fraction of sp³-hybridized carbons (Fsp3) is 0.600. The van der Waals surface area contributed by atoms with Crippen LogP contribution >= 0.6 is 0 Å². The Morgan fingerprint density at radius 1 is 1.28 bits per heavy atom. The van der Waals surface area contributed by atoms with Crippen molar-refractivity contribution in [3.63, 3.8) is 0 Å². The van der Waals surface area contributed by atoms with E-state index >= 15 is 0 Å². The zero-order valence-corrected chi connectivity index (χ0v) is 12.3. The van der Waals surface area contributed by atoms with E-state index in [0.717, 1.165) is 24.2 Å². The first-order valence-electron chi connectivity index (χ1n) is 6.62. The van der Waals surface area contributed by atoms with Crippen molar-refractivity contribution in [1.29, 1.82) is 0 Å². The molecule has 0 heterocycles. The van der Waals surface area contributed by atoms with Crippen molar-refractivity contribution >= 4 is 10.8 Å². The second-order valence-corrected chi connectivity index (χ2v) is 7.89. The number of aryl methyl sites for hydroxylation is 1. The van der Waals surface area contributed by atoms with Gasteiger partial charge in [-0.3, -0.25) is 4.21 Å². The highest BCUT2D eigenvalue weighted by Crippen LogP contribution is 2.38. The second-order valence-electron chi connectivity index (χ2n) is 6.22. The van der Waals surface area contributed by atoms with E-state index in [9.17, 15) is 4.21 Å². The molecule has 1 aliphatic carbocycles. The Balaban J connectivity index is 2.19. The molecule has 0 saturated heterocycles. The highest BCUT2D eigenvalue weighted by molar-refractivity contribution is 7.85. The fourth-order valence-electron chi connectivity index (χ4n) is 2.62. The molecule has 1 aliphatic rings. The van der Waals surface area contributed by atoms with Gasteiger partial charge in [-0.15, -0.1) is 0 Å². The molecule has 2 N–H and O–H groups in total. The van der Waals surface area contributed by atoms with Gasteiger partial charge in [0, 0.05) is 10.9 Å². The van der Waals surface area contributed by atoms with Gasteiger partial charge in [-0.1, -0.05) is 31.5 Å². The topological polar surface area (TPSA) is 43.1 Å². The van der Waals surface area contributed by atoms with Gasteiger partial charge in [0.15, 0.2) is 0 Å². The fourth-order valence-corrected chi connectivity index (χ4v) is 4.43. The van der Waals surface area contributed by atoms with Crippen molar-refractivity contribution in [2.24, 2.45) is 11.1 Å². The van der Waals surface area contributed by atoms with Gasteiger partial charge in [0.2, 0.25) is 0 Å². The van der Waals surface area contributed by atoms with E-state index in [1.54, 1.807) is 0 Å². The van der Waals surface area contributed by atoms with Gasteiger partial charge in [0.25, 0.3) is 0 Å². The first kappa shape index (κ1) is 13.8. The van der Waals surface area contributed by atoms with Gasteiger partial charge in [0.1, 0.15) is 0 Å². The van der Waals surface area contributed by atoms with Gasteiger partial charge in [-0.25, -0.2) is 0 Å². The standard InChI is InChI=1S/C15H23NOS/c1-11-4-6-12(7-5-11)18(17)14-10-15(2,3)9-8-13(14)16/h4-7,13-14H,8-10,16H2,1-3H3. The molecule has 3 unspecified atom stereocenters. The Morgan fingerprint density at radius 3 is 2.50 bits per heavy atom. The zero-order chi connectivity index (χ0) is 13.3. The van der Waals surface area contributed by atoms with Crippen LogP contribution in [0.25, 0.3) is 0 Å². The summed E-state index contributed by atoms with van der Waals surface area (Å²) in [6, 6.07) is 8.05. The normalized spacial score (nSPS) is 28.9. The van der Waals surface area contributed by atoms with Crippen LogP contribution in [0.15, 0.2) is 29.2 Å². The summed E-state index contributed by atoms with van der Waals surface area (Å²) in [4.78, 5) is 0.916. The summed E-state index contributed by atoms with van der Waals surface area (Å²) < 4.78 is 12.6. The van der Waals surface area contributed by atoms with Crippen LogP contribution in [0.2, 0.25) is 0 Å². The minimum Gasteiger partial charge on any atom is -0.327 e. The van der Waals surface area contributed by atoms with Crippen molar-refractivity contribution in [2.75, 3.05) is 0 Å². The van der Waals surface area contributed by atoms with Crippen molar-refractivity contribution < 1.29 is 4.21 Å². The third-order valence-electron chi connectivity index (χ3n) is 3.91. The van der Waals surface area contributed by atoms with Gasteiger partial charge < -0.3 is 5.73 Å². The summed E-state index contributed by atoms with van der Waals surface area (Å²) in [6.07, 6.45) is 3.07. The van der Waals surface area contributed by atoms with Gasteiger partial charge >= 0.3 is 0 Å². The lowest BCUT2D eigenvalue weighted by atomic mass is 9.75. The van der Waals surface area contributed by atoms with Crippen LogP contribution in [-0.2, 0) is 10.8 Å². The summed E-state index contributed by atoms with van der Waals surface area (Å²) in [5.74, 6) is 0. The Hall–Kier alpha value is -0.670. The number of nitrogens with two attached hydrogens (primary N) is 1. The second kappa shape index (κ2) is 5.14. The minimum absolute atomic E-state index is 0.0696. The molecule has 100 valence electrons. The summed E-state index contributed by atoms with van der Waals surface area (Å²) in [6.45, 7) is 6.54. The van der Waals surface area contributed by atoms with Crippen molar-refractivity contribution in [1.82, 2.24) is 0 Å². The Kier molecular flexibility index (Phi) is 3.93. The van der Waals surface area contributed by atoms with Crippen LogP contribution in [-0.4, -0.2) is 15.5 Å². The zero-order valence-electron chi connectivity index (χ0n) is 11.5. The summed E-state index contributed by atoms with van der Waals surface area (Å²) in [5, 5.41) is 0.0939. The molecule has 1 fully saturated rings. The predicted molar refractivity (Wildman–Crippen MR) is 77.0 cm³/mol. The number of rotatable bonds is 2. The molecular formula is C15H23NOS. The number of hydrogen-bond donors (Lipinski definition) is 1. The largest absolute Gasteiger partial charge is 0.327 e. The van der Waals surface area contributed by atoms with Crippen LogP contribution in [0, 0.1) is 12.3 Å². The smallest absolute Gasteiger partial charge is 0.0576 e. The van der Waals surface area contributed by atoms with Crippen molar-refractivity contribution in [3.8, 4) is 0 Å². The van der Waals surface area contributed by atoms with Crippen LogP contribution in [0.4, 0.5) is 0 Å². The van der Waals surface area contributed by atoms with Crippen LogP contribution in [0.1, 0.15) is 38.7 Å². The first-order chi connectivity index (χ1) is 8.39. The average Bonchev–Trinajstić information content (AvgIpc) is 2.32.